The van der Waals surface area contributed by atoms with Crippen LogP contribution >= 0.6 is 0 Å². The summed E-state index contributed by atoms with van der Waals surface area (Å²) < 4.78 is 31.7. The molecule has 0 aromatic rings. The first-order valence-electron chi connectivity index (χ1n) is 5.61. The molecule has 1 fully saturated rings. The minimum atomic E-state index is -3.29. The van der Waals surface area contributed by atoms with Crippen molar-refractivity contribution in [2.45, 2.75) is 38.7 Å². The van der Waals surface area contributed by atoms with Gasteiger partial charge in [0.05, 0.1) is 0 Å². The molecule has 1 aliphatic rings. The van der Waals surface area contributed by atoms with Crippen LogP contribution in [0.5, 0.6) is 0 Å². The van der Waals surface area contributed by atoms with Gasteiger partial charge in [0, 0.05) is 19.5 Å². The zero-order chi connectivity index (χ0) is 14.1. The number of rotatable bonds is 1. The van der Waals surface area contributed by atoms with Crippen LogP contribution < -0.4 is 0 Å². The van der Waals surface area contributed by atoms with E-state index in [4.69, 9.17) is 9.84 Å². The van der Waals surface area contributed by atoms with Crippen LogP contribution in [-0.2, 0) is 9.53 Å². The molecule has 1 atom stereocenters. The lowest BCUT2D eigenvalue weighted by Gasteiger charge is -2.36. The fourth-order valence-electron chi connectivity index (χ4n) is 1.65. The second-order valence-electron chi connectivity index (χ2n) is 5.33. The molecule has 0 aromatic carbocycles. The highest BCUT2D eigenvalue weighted by atomic mass is 19.3. The summed E-state index contributed by atoms with van der Waals surface area (Å²) >= 11 is 0. The Morgan fingerprint density at radius 2 is 1.94 bits per heavy atom. The highest BCUT2D eigenvalue weighted by Crippen LogP contribution is 2.34. The van der Waals surface area contributed by atoms with E-state index in [9.17, 15) is 18.4 Å². The Hall–Kier alpha value is -1.40. The maximum Gasteiger partial charge on any atom is 0.410 e. The molecule has 0 spiro atoms. The number of hydrogen-bond donors (Lipinski definition) is 1. The molecule has 0 radical (unpaired) electrons. The Balaban J connectivity index is 2.72. The van der Waals surface area contributed by atoms with Gasteiger partial charge in [-0.15, -0.1) is 0 Å². The smallest absolute Gasteiger partial charge is 0.410 e. The number of halogens is 2. The molecule has 18 heavy (non-hydrogen) atoms. The molecule has 0 aromatic heterocycles. The van der Waals surface area contributed by atoms with E-state index < -0.39 is 42.5 Å². The normalized spacial score (nSPS) is 23.6. The van der Waals surface area contributed by atoms with Crippen molar-refractivity contribution in [2.75, 3.05) is 13.1 Å². The van der Waals surface area contributed by atoms with Gasteiger partial charge < -0.3 is 14.7 Å². The molecule has 7 heteroatoms. The lowest BCUT2D eigenvalue weighted by molar-refractivity contribution is -0.165. The molecule has 104 valence electrons. The molecule has 1 saturated heterocycles. The molecule has 0 saturated carbocycles. The van der Waals surface area contributed by atoms with Crippen molar-refractivity contribution in [1.29, 1.82) is 0 Å². The molecule has 1 amide bonds. The van der Waals surface area contributed by atoms with Gasteiger partial charge >= 0.3 is 12.1 Å². The van der Waals surface area contributed by atoms with Crippen molar-refractivity contribution >= 4 is 12.1 Å². The third kappa shape index (κ3) is 3.54. The van der Waals surface area contributed by atoms with Crippen LogP contribution in [0, 0.1) is 5.92 Å². The fraction of sp³-hybridized carbons (Fsp3) is 0.818. The number of carboxylic acids is 1. The van der Waals surface area contributed by atoms with E-state index in [0.717, 1.165) is 4.90 Å². The van der Waals surface area contributed by atoms with E-state index >= 15 is 0 Å². The summed E-state index contributed by atoms with van der Waals surface area (Å²) in [6, 6.07) is 0. The van der Waals surface area contributed by atoms with Crippen LogP contribution in [0.1, 0.15) is 27.2 Å². The van der Waals surface area contributed by atoms with Crippen molar-refractivity contribution in [3.8, 4) is 0 Å². The van der Waals surface area contributed by atoms with Gasteiger partial charge in [-0.3, -0.25) is 4.79 Å². The molecule has 0 bridgehead atoms. The summed E-state index contributed by atoms with van der Waals surface area (Å²) in [5.74, 6) is -6.77. The number of alkyl halides is 2. The number of hydrogen-bond acceptors (Lipinski definition) is 3. The molecule has 5 nitrogen and oxygen atoms in total. The van der Waals surface area contributed by atoms with E-state index in [1.54, 1.807) is 20.8 Å². The number of amides is 1. The summed E-state index contributed by atoms with van der Waals surface area (Å²) in [6.45, 7) is 4.22. The Labute approximate surface area is 104 Å². The molecule has 1 unspecified atom stereocenters. The number of nitrogens with zero attached hydrogens (tertiary/aromatic N) is 1. The summed E-state index contributed by atoms with van der Waals surface area (Å²) in [4.78, 5) is 23.4. The Kier molecular flexibility index (Phi) is 3.83. The van der Waals surface area contributed by atoms with Gasteiger partial charge in [-0.25, -0.2) is 13.6 Å². The average Bonchev–Trinajstić information content (AvgIpc) is 2.13. The largest absolute Gasteiger partial charge is 0.481 e. The Bertz CT molecular complexity index is 351. The van der Waals surface area contributed by atoms with Gasteiger partial charge in [0.2, 0.25) is 0 Å². The van der Waals surface area contributed by atoms with Gasteiger partial charge in [0.15, 0.2) is 0 Å². The molecule has 0 aliphatic carbocycles. The molecular formula is C11H17F2NO4. The van der Waals surface area contributed by atoms with Gasteiger partial charge in [-0.1, -0.05) is 0 Å². The fourth-order valence-corrected chi connectivity index (χ4v) is 1.65. The van der Waals surface area contributed by atoms with Gasteiger partial charge in [-0.05, 0) is 20.8 Å². The number of piperidine rings is 1. The minimum absolute atomic E-state index is 0.203. The van der Waals surface area contributed by atoms with Crippen molar-refractivity contribution in [3.63, 3.8) is 0 Å². The first-order chi connectivity index (χ1) is 8.03. The number of carbonyl (C=O) groups excluding carboxylic acids is 1. The average molecular weight is 265 g/mol. The highest BCUT2D eigenvalue weighted by molar-refractivity contribution is 5.74. The van der Waals surface area contributed by atoms with Crippen LogP contribution in [0.2, 0.25) is 0 Å². The van der Waals surface area contributed by atoms with Crippen LogP contribution in [-0.4, -0.2) is 46.7 Å². The molecule has 1 aliphatic heterocycles. The van der Waals surface area contributed by atoms with Gasteiger partial charge in [-0.2, -0.15) is 0 Å². The Morgan fingerprint density at radius 1 is 1.39 bits per heavy atom. The first-order valence-corrected chi connectivity index (χ1v) is 5.61. The van der Waals surface area contributed by atoms with Crippen LogP contribution in [0.15, 0.2) is 0 Å². The van der Waals surface area contributed by atoms with Gasteiger partial charge in [0.25, 0.3) is 5.92 Å². The summed E-state index contributed by atoms with van der Waals surface area (Å²) in [5.41, 5.74) is -0.740. The Morgan fingerprint density at radius 3 is 2.39 bits per heavy atom. The van der Waals surface area contributed by atoms with E-state index in [1.165, 1.54) is 0 Å². The topological polar surface area (TPSA) is 66.8 Å². The number of likely N-dealkylation sites (tertiary alicyclic amines) is 1. The van der Waals surface area contributed by atoms with E-state index in [2.05, 4.69) is 0 Å². The van der Waals surface area contributed by atoms with Crippen molar-refractivity contribution in [1.82, 2.24) is 4.90 Å². The molecular weight excluding hydrogens is 248 g/mol. The standard InChI is InChI=1S/C11H17F2NO4/c1-10(2,3)18-9(17)14-5-4-11(12,13)7(6-14)8(15)16/h7H,4-6H2,1-3H3,(H,15,16). The van der Waals surface area contributed by atoms with Crippen molar-refractivity contribution in [2.24, 2.45) is 5.92 Å². The minimum Gasteiger partial charge on any atom is -0.481 e. The summed E-state index contributed by atoms with van der Waals surface area (Å²) in [6.07, 6.45) is -1.42. The van der Waals surface area contributed by atoms with E-state index in [0.29, 0.717) is 0 Å². The van der Waals surface area contributed by atoms with Crippen molar-refractivity contribution < 1.29 is 28.2 Å². The second kappa shape index (κ2) is 4.70. The second-order valence-corrected chi connectivity index (χ2v) is 5.33. The maximum absolute atomic E-state index is 13.3. The third-order valence-electron chi connectivity index (χ3n) is 2.58. The number of ether oxygens (including phenoxy) is 1. The highest BCUT2D eigenvalue weighted by Gasteiger charge is 2.49. The third-order valence-corrected chi connectivity index (χ3v) is 2.58. The number of aliphatic carboxylic acids is 1. The monoisotopic (exact) mass is 265 g/mol. The molecule has 1 N–H and O–H groups in total. The zero-order valence-corrected chi connectivity index (χ0v) is 10.6. The van der Waals surface area contributed by atoms with E-state index in [-0.39, 0.29) is 6.54 Å². The predicted molar refractivity (Wildman–Crippen MR) is 58.5 cm³/mol. The maximum atomic E-state index is 13.3. The first kappa shape index (κ1) is 14.7. The quantitative estimate of drug-likeness (QED) is 0.787. The van der Waals surface area contributed by atoms with Crippen LogP contribution in [0.4, 0.5) is 13.6 Å². The van der Waals surface area contributed by atoms with Crippen molar-refractivity contribution in [3.05, 3.63) is 0 Å². The summed E-state index contributed by atoms with van der Waals surface area (Å²) in [7, 11) is 0. The zero-order valence-electron chi connectivity index (χ0n) is 10.6. The predicted octanol–water partition coefficient (Wildman–Crippen LogP) is 1.96. The van der Waals surface area contributed by atoms with Gasteiger partial charge in [0.1, 0.15) is 11.5 Å². The van der Waals surface area contributed by atoms with Crippen LogP contribution in [0.25, 0.3) is 0 Å². The molecule has 1 heterocycles. The van der Waals surface area contributed by atoms with E-state index in [1.807, 2.05) is 0 Å². The number of carbonyl (C=O) groups is 2. The lowest BCUT2D eigenvalue weighted by atomic mass is 9.94. The lowest BCUT2D eigenvalue weighted by Crippen LogP contribution is -2.53. The molecule has 1 rings (SSSR count). The SMILES string of the molecule is CC(C)(C)OC(=O)N1CCC(F)(F)C(C(=O)O)C1. The van der Waals surface area contributed by atoms with Crippen LogP contribution in [0.3, 0.4) is 0 Å². The summed E-state index contributed by atoms with van der Waals surface area (Å²) in [5, 5.41) is 8.75. The number of carboxylic acid groups (broad SMARTS) is 1.